The van der Waals surface area contributed by atoms with Crippen LogP contribution in [0.25, 0.3) is 0 Å². The van der Waals surface area contributed by atoms with Gasteiger partial charge in [-0.25, -0.2) is 0 Å². The van der Waals surface area contributed by atoms with Crippen molar-refractivity contribution < 1.29 is 5.11 Å². The molecule has 0 aliphatic heterocycles. The third-order valence-corrected chi connectivity index (χ3v) is 2.35. The molecule has 1 rings (SSSR count). The molecule has 0 aliphatic rings. The van der Waals surface area contributed by atoms with E-state index in [2.05, 4.69) is 20.3 Å². The highest BCUT2D eigenvalue weighted by molar-refractivity contribution is 9.10. The number of nitrogen functional groups attached to an aromatic ring is 1. The van der Waals surface area contributed by atoms with Gasteiger partial charge in [-0.05, 0) is 27.5 Å². The second kappa shape index (κ2) is 1.91. The van der Waals surface area contributed by atoms with Crippen LogP contribution in [0.5, 0.6) is 5.88 Å². The molecular formula is C3H3BrN2OS. The molecule has 0 bridgehead atoms. The van der Waals surface area contributed by atoms with Crippen LogP contribution in [0.3, 0.4) is 0 Å². The molecular weight excluding hydrogens is 192 g/mol. The first-order chi connectivity index (χ1) is 3.72. The molecule has 0 fully saturated rings. The molecule has 0 atom stereocenters. The molecule has 5 heteroatoms. The van der Waals surface area contributed by atoms with Crippen LogP contribution in [0.1, 0.15) is 0 Å². The average Bonchev–Trinajstić information content (AvgIpc) is 1.98. The molecule has 0 saturated carbocycles. The largest absolute Gasteiger partial charge is 0.492 e. The van der Waals surface area contributed by atoms with E-state index in [0.29, 0.717) is 9.47 Å². The maximum absolute atomic E-state index is 8.71. The number of hydrogen-bond acceptors (Lipinski definition) is 4. The molecule has 3 nitrogen and oxygen atoms in total. The number of rotatable bonds is 0. The van der Waals surface area contributed by atoms with Crippen LogP contribution >= 0.6 is 27.5 Å². The van der Waals surface area contributed by atoms with Gasteiger partial charge in [0.25, 0.3) is 0 Å². The SMILES string of the molecule is Nc1snc(O)c1Br. The molecule has 3 N–H and O–H groups in total. The minimum absolute atomic E-state index is 0.0347. The fourth-order valence-electron chi connectivity index (χ4n) is 0.283. The predicted molar refractivity (Wildman–Crippen MR) is 35.9 cm³/mol. The van der Waals surface area contributed by atoms with Gasteiger partial charge in [-0.3, -0.25) is 0 Å². The van der Waals surface area contributed by atoms with Crippen LogP contribution in [0.15, 0.2) is 4.47 Å². The second-order valence-electron chi connectivity index (χ2n) is 1.18. The zero-order chi connectivity index (χ0) is 6.15. The Balaban J connectivity index is 3.19. The van der Waals surface area contributed by atoms with Crippen molar-refractivity contribution in [2.75, 3.05) is 5.73 Å². The van der Waals surface area contributed by atoms with Crippen molar-refractivity contribution in [3.8, 4) is 5.88 Å². The molecule has 1 aromatic rings. The summed E-state index contributed by atoms with van der Waals surface area (Å²) in [5.41, 5.74) is 5.29. The lowest BCUT2D eigenvalue weighted by molar-refractivity contribution is 0.457. The van der Waals surface area contributed by atoms with Gasteiger partial charge < -0.3 is 10.8 Å². The Morgan fingerprint density at radius 3 is 2.50 bits per heavy atom. The van der Waals surface area contributed by atoms with Gasteiger partial charge in [0.15, 0.2) is 0 Å². The summed E-state index contributed by atoms with van der Waals surface area (Å²) < 4.78 is 4.03. The molecule has 44 valence electrons. The molecule has 0 amide bonds. The summed E-state index contributed by atoms with van der Waals surface area (Å²) in [6.07, 6.45) is 0. The predicted octanol–water partition coefficient (Wildman–Crippen LogP) is 1.19. The van der Waals surface area contributed by atoms with Crippen molar-refractivity contribution in [1.29, 1.82) is 0 Å². The Morgan fingerprint density at radius 2 is 2.38 bits per heavy atom. The second-order valence-corrected chi connectivity index (χ2v) is 2.78. The first kappa shape index (κ1) is 5.84. The summed E-state index contributed by atoms with van der Waals surface area (Å²) >= 11 is 4.08. The minimum atomic E-state index is -0.0347. The van der Waals surface area contributed by atoms with Crippen LogP contribution in [0.4, 0.5) is 5.00 Å². The van der Waals surface area contributed by atoms with Gasteiger partial charge in [0.05, 0.1) is 0 Å². The lowest BCUT2D eigenvalue weighted by Crippen LogP contribution is -1.76. The van der Waals surface area contributed by atoms with E-state index >= 15 is 0 Å². The molecule has 0 unspecified atom stereocenters. The highest BCUT2D eigenvalue weighted by atomic mass is 79.9. The lowest BCUT2D eigenvalue weighted by atomic mass is 10.7. The van der Waals surface area contributed by atoms with Crippen molar-refractivity contribution in [3.63, 3.8) is 0 Å². The Hall–Kier alpha value is -0.290. The van der Waals surface area contributed by atoms with Crippen molar-refractivity contribution in [3.05, 3.63) is 4.47 Å². The maximum atomic E-state index is 8.71. The number of hydrogen-bond donors (Lipinski definition) is 2. The van der Waals surface area contributed by atoms with Crippen LogP contribution in [-0.4, -0.2) is 9.48 Å². The Labute approximate surface area is 58.4 Å². The quantitative estimate of drug-likeness (QED) is 0.653. The van der Waals surface area contributed by atoms with Gasteiger partial charge in [-0.2, -0.15) is 4.37 Å². The first-order valence-electron chi connectivity index (χ1n) is 1.81. The normalized spacial score (nSPS) is 9.62. The molecule has 0 saturated heterocycles. The highest BCUT2D eigenvalue weighted by Gasteiger charge is 2.04. The van der Waals surface area contributed by atoms with Crippen molar-refractivity contribution in [2.24, 2.45) is 0 Å². The number of aromatic nitrogens is 1. The van der Waals surface area contributed by atoms with E-state index in [9.17, 15) is 0 Å². The van der Waals surface area contributed by atoms with E-state index in [1.165, 1.54) is 0 Å². The molecule has 0 spiro atoms. The number of aromatic hydroxyl groups is 1. The summed E-state index contributed by atoms with van der Waals surface area (Å²) in [6.45, 7) is 0. The third-order valence-electron chi connectivity index (χ3n) is 0.643. The maximum Gasteiger partial charge on any atom is 0.239 e. The number of halogens is 1. The van der Waals surface area contributed by atoms with Crippen molar-refractivity contribution >= 4 is 32.5 Å². The summed E-state index contributed by atoms with van der Waals surface area (Å²) in [5, 5.41) is 9.21. The van der Waals surface area contributed by atoms with Gasteiger partial charge in [0.1, 0.15) is 9.47 Å². The van der Waals surface area contributed by atoms with Crippen molar-refractivity contribution in [2.45, 2.75) is 0 Å². The van der Waals surface area contributed by atoms with Crippen molar-refractivity contribution in [1.82, 2.24) is 4.37 Å². The summed E-state index contributed by atoms with van der Waals surface area (Å²) in [4.78, 5) is 0. The third kappa shape index (κ3) is 0.784. The average molecular weight is 195 g/mol. The van der Waals surface area contributed by atoms with E-state index in [4.69, 9.17) is 10.8 Å². The summed E-state index contributed by atoms with van der Waals surface area (Å²) in [6, 6.07) is 0. The zero-order valence-electron chi connectivity index (χ0n) is 3.76. The van der Waals surface area contributed by atoms with Gasteiger partial charge in [-0.15, -0.1) is 0 Å². The molecule has 8 heavy (non-hydrogen) atoms. The van der Waals surface area contributed by atoms with E-state index in [1.807, 2.05) is 0 Å². The van der Waals surface area contributed by atoms with Gasteiger partial charge in [0, 0.05) is 0 Å². The molecule has 1 heterocycles. The smallest absolute Gasteiger partial charge is 0.239 e. The number of anilines is 1. The summed E-state index contributed by atoms with van der Waals surface area (Å²) in [7, 11) is 0. The zero-order valence-corrected chi connectivity index (χ0v) is 6.16. The Kier molecular flexibility index (Phi) is 1.39. The highest BCUT2D eigenvalue weighted by Crippen LogP contribution is 2.31. The minimum Gasteiger partial charge on any atom is -0.492 e. The van der Waals surface area contributed by atoms with E-state index < -0.39 is 0 Å². The molecule has 0 radical (unpaired) electrons. The topological polar surface area (TPSA) is 59.1 Å². The molecule has 1 aromatic heterocycles. The van der Waals surface area contributed by atoms with E-state index in [1.54, 1.807) is 0 Å². The Bertz CT molecular complexity index is 180. The van der Waals surface area contributed by atoms with Gasteiger partial charge in [-0.1, -0.05) is 0 Å². The summed E-state index contributed by atoms with van der Waals surface area (Å²) in [5.74, 6) is -0.0347. The monoisotopic (exact) mass is 194 g/mol. The van der Waals surface area contributed by atoms with E-state index in [-0.39, 0.29) is 5.88 Å². The first-order valence-corrected chi connectivity index (χ1v) is 3.38. The Morgan fingerprint density at radius 1 is 1.75 bits per heavy atom. The van der Waals surface area contributed by atoms with E-state index in [0.717, 1.165) is 11.5 Å². The molecule has 0 aliphatic carbocycles. The van der Waals surface area contributed by atoms with Crippen LogP contribution in [0, 0.1) is 0 Å². The molecule has 0 aromatic carbocycles. The number of nitrogens with two attached hydrogens (primary N) is 1. The lowest BCUT2D eigenvalue weighted by Gasteiger charge is -1.80. The van der Waals surface area contributed by atoms with Crippen LogP contribution in [-0.2, 0) is 0 Å². The van der Waals surface area contributed by atoms with Crippen LogP contribution in [0.2, 0.25) is 0 Å². The fraction of sp³-hybridized carbons (Fsp3) is 0. The van der Waals surface area contributed by atoms with Crippen LogP contribution < -0.4 is 5.73 Å². The standard InChI is InChI=1S/C3H3BrN2OS/c4-1-2(5)8-6-3(1)7/h5H2,(H,6,7). The van der Waals surface area contributed by atoms with Gasteiger partial charge in [0.2, 0.25) is 5.88 Å². The number of nitrogens with zero attached hydrogens (tertiary/aromatic N) is 1. The van der Waals surface area contributed by atoms with Gasteiger partial charge >= 0.3 is 0 Å². The fourth-order valence-corrected chi connectivity index (χ4v) is 1.15.